The second-order valence-corrected chi connectivity index (χ2v) is 5.81. The third-order valence-corrected chi connectivity index (χ3v) is 4.40. The lowest BCUT2D eigenvalue weighted by Gasteiger charge is -2.36. The van der Waals surface area contributed by atoms with Crippen LogP contribution in [0.4, 0.5) is 0 Å². The van der Waals surface area contributed by atoms with Crippen LogP contribution in [-0.2, 0) is 6.42 Å². The molecule has 0 spiro atoms. The number of aryl methyl sites for hydroxylation is 1. The predicted octanol–water partition coefficient (Wildman–Crippen LogP) is 0.960. The van der Waals surface area contributed by atoms with E-state index in [2.05, 4.69) is 15.3 Å². The summed E-state index contributed by atoms with van der Waals surface area (Å²) in [5.41, 5.74) is 0.820. The molecule has 100 valence electrons. The molecule has 1 aromatic heterocycles. The zero-order valence-electron chi connectivity index (χ0n) is 10.5. The van der Waals surface area contributed by atoms with Crippen molar-refractivity contribution in [3.63, 3.8) is 0 Å². The van der Waals surface area contributed by atoms with Gasteiger partial charge in [-0.1, -0.05) is 6.92 Å². The highest BCUT2D eigenvalue weighted by molar-refractivity contribution is 7.99. The third kappa shape index (κ3) is 2.70. The number of aliphatic hydroxyl groups excluding tert-OH is 1. The number of carbonyl (C=O) groups is 1. The number of carbonyl (C=O) groups excluding carboxylic acids is 1. The Kier molecular flexibility index (Phi) is 4.29. The lowest BCUT2D eigenvalue weighted by molar-refractivity contribution is 0.0812. The van der Waals surface area contributed by atoms with Crippen molar-refractivity contribution in [3.05, 3.63) is 17.7 Å². The summed E-state index contributed by atoms with van der Waals surface area (Å²) in [6.45, 7) is 1.97. The van der Waals surface area contributed by atoms with Crippen molar-refractivity contribution in [1.29, 1.82) is 0 Å². The monoisotopic (exact) mass is 269 g/mol. The van der Waals surface area contributed by atoms with Crippen LogP contribution < -0.4 is 5.32 Å². The Bertz CT molecular complexity index is 413. The van der Waals surface area contributed by atoms with Gasteiger partial charge in [-0.15, -0.1) is 0 Å². The maximum Gasteiger partial charge on any atom is 0.272 e. The zero-order valence-corrected chi connectivity index (χ0v) is 11.3. The van der Waals surface area contributed by atoms with Gasteiger partial charge in [0.2, 0.25) is 0 Å². The van der Waals surface area contributed by atoms with E-state index in [4.69, 9.17) is 0 Å². The van der Waals surface area contributed by atoms with E-state index in [1.807, 2.05) is 18.7 Å². The number of hydrogen-bond donors (Lipinski definition) is 3. The summed E-state index contributed by atoms with van der Waals surface area (Å²) >= 11 is 1.86. The number of hydrogen-bond acceptors (Lipinski definition) is 4. The summed E-state index contributed by atoms with van der Waals surface area (Å²) in [4.78, 5) is 19.2. The molecule has 1 aliphatic heterocycles. The fourth-order valence-electron chi connectivity index (χ4n) is 2.17. The van der Waals surface area contributed by atoms with Crippen LogP contribution in [0, 0.1) is 0 Å². The lowest BCUT2D eigenvalue weighted by Crippen LogP contribution is -2.53. The summed E-state index contributed by atoms with van der Waals surface area (Å²) in [7, 11) is 0. The molecule has 2 heterocycles. The van der Waals surface area contributed by atoms with Crippen molar-refractivity contribution in [2.75, 3.05) is 18.1 Å². The number of aliphatic hydroxyl groups is 1. The smallest absolute Gasteiger partial charge is 0.272 e. The van der Waals surface area contributed by atoms with Crippen LogP contribution in [0.2, 0.25) is 0 Å². The molecule has 1 aliphatic rings. The topological polar surface area (TPSA) is 78.0 Å². The molecule has 1 amide bonds. The number of rotatable bonds is 4. The zero-order chi connectivity index (χ0) is 13.0. The number of imidazole rings is 1. The second kappa shape index (κ2) is 5.75. The van der Waals surface area contributed by atoms with E-state index in [0.29, 0.717) is 5.69 Å². The van der Waals surface area contributed by atoms with Gasteiger partial charge >= 0.3 is 0 Å². The number of aromatic amines is 1. The Balaban J connectivity index is 2.10. The first kappa shape index (κ1) is 13.4. The summed E-state index contributed by atoms with van der Waals surface area (Å²) in [6, 6.07) is 0. The molecule has 0 aliphatic carbocycles. The van der Waals surface area contributed by atoms with Gasteiger partial charge in [-0.05, 0) is 30.8 Å². The molecule has 0 bridgehead atoms. The van der Waals surface area contributed by atoms with Gasteiger partial charge in [0.15, 0.2) is 0 Å². The maximum atomic E-state index is 12.2. The quantitative estimate of drug-likeness (QED) is 0.761. The number of aromatic nitrogens is 2. The number of amides is 1. The van der Waals surface area contributed by atoms with Gasteiger partial charge in [-0.2, -0.15) is 11.8 Å². The first-order valence-corrected chi connectivity index (χ1v) is 7.39. The van der Waals surface area contributed by atoms with Gasteiger partial charge in [0.1, 0.15) is 5.69 Å². The lowest BCUT2D eigenvalue weighted by atomic mass is 9.93. The van der Waals surface area contributed by atoms with E-state index in [0.717, 1.165) is 36.5 Å². The van der Waals surface area contributed by atoms with E-state index in [1.165, 1.54) is 6.33 Å². The van der Waals surface area contributed by atoms with Gasteiger partial charge in [0, 0.05) is 5.69 Å². The number of thioether (sulfide) groups is 1. The molecule has 1 aromatic rings. The van der Waals surface area contributed by atoms with Gasteiger partial charge in [0.25, 0.3) is 5.91 Å². The standard InChI is InChI=1S/C12H19N3O2S/c1-2-9-10(14-8-13-9)11(17)15-12(7-16)3-5-18-6-4-12/h8,16H,2-7H2,1H3,(H,13,14)(H,15,17). The highest BCUT2D eigenvalue weighted by Crippen LogP contribution is 2.27. The molecular formula is C12H19N3O2S. The second-order valence-electron chi connectivity index (χ2n) is 4.59. The fourth-order valence-corrected chi connectivity index (χ4v) is 3.45. The Morgan fingerprint density at radius 2 is 2.33 bits per heavy atom. The van der Waals surface area contributed by atoms with Crippen molar-refractivity contribution in [3.8, 4) is 0 Å². The molecule has 18 heavy (non-hydrogen) atoms. The van der Waals surface area contributed by atoms with Gasteiger partial charge in [-0.25, -0.2) is 4.98 Å². The first-order valence-electron chi connectivity index (χ1n) is 6.24. The van der Waals surface area contributed by atoms with Crippen LogP contribution in [0.5, 0.6) is 0 Å². The number of nitrogens with zero attached hydrogens (tertiary/aromatic N) is 1. The molecule has 3 N–H and O–H groups in total. The maximum absolute atomic E-state index is 12.2. The molecule has 0 unspecified atom stereocenters. The van der Waals surface area contributed by atoms with Crippen LogP contribution in [0.25, 0.3) is 0 Å². The van der Waals surface area contributed by atoms with Gasteiger partial charge < -0.3 is 15.4 Å². The average molecular weight is 269 g/mol. The normalized spacial score (nSPS) is 18.6. The SMILES string of the molecule is CCc1[nH]cnc1C(=O)NC1(CO)CCSCC1. The van der Waals surface area contributed by atoms with E-state index < -0.39 is 5.54 Å². The van der Waals surface area contributed by atoms with Gasteiger partial charge in [0.05, 0.1) is 18.5 Å². The summed E-state index contributed by atoms with van der Waals surface area (Å²) in [6.07, 6.45) is 3.90. The van der Waals surface area contributed by atoms with E-state index in [1.54, 1.807) is 0 Å². The van der Waals surface area contributed by atoms with Crippen LogP contribution in [0.1, 0.15) is 35.9 Å². The van der Waals surface area contributed by atoms with Crippen molar-refractivity contribution in [2.24, 2.45) is 0 Å². The average Bonchev–Trinajstić information content (AvgIpc) is 2.88. The number of nitrogens with one attached hydrogen (secondary N) is 2. The summed E-state index contributed by atoms with van der Waals surface area (Å²) in [5.74, 6) is 1.76. The van der Waals surface area contributed by atoms with Crippen LogP contribution in [-0.4, -0.2) is 44.6 Å². The van der Waals surface area contributed by atoms with Crippen molar-refractivity contribution in [2.45, 2.75) is 31.7 Å². The predicted molar refractivity (Wildman–Crippen MR) is 71.8 cm³/mol. The van der Waals surface area contributed by atoms with Crippen LogP contribution in [0.15, 0.2) is 6.33 Å². The molecule has 1 saturated heterocycles. The minimum absolute atomic E-state index is 0.00875. The molecule has 1 fully saturated rings. The minimum atomic E-state index is -0.466. The largest absolute Gasteiger partial charge is 0.394 e. The van der Waals surface area contributed by atoms with Gasteiger partial charge in [-0.3, -0.25) is 4.79 Å². The molecular weight excluding hydrogens is 250 g/mol. The van der Waals surface area contributed by atoms with E-state index in [9.17, 15) is 9.90 Å². The van der Waals surface area contributed by atoms with Crippen LogP contribution >= 0.6 is 11.8 Å². The molecule has 5 nitrogen and oxygen atoms in total. The van der Waals surface area contributed by atoms with E-state index in [-0.39, 0.29) is 12.5 Å². The summed E-state index contributed by atoms with van der Waals surface area (Å²) < 4.78 is 0. The minimum Gasteiger partial charge on any atom is -0.394 e. The Hall–Kier alpha value is -1.01. The Morgan fingerprint density at radius 1 is 1.61 bits per heavy atom. The van der Waals surface area contributed by atoms with E-state index >= 15 is 0 Å². The van der Waals surface area contributed by atoms with Crippen LogP contribution in [0.3, 0.4) is 0 Å². The summed E-state index contributed by atoms with van der Waals surface area (Å²) in [5, 5.41) is 12.5. The van der Waals surface area contributed by atoms with Crippen molar-refractivity contribution >= 4 is 17.7 Å². The number of H-pyrrole nitrogens is 1. The highest BCUT2D eigenvalue weighted by atomic mass is 32.2. The molecule has 0 radical (unpaired) electrons. The molecule has 6 heteroatoms. The molecule has 0 atom stereocenters. The molecule has 0 saturated carbocycles. The third-order valence-electron chi connectivity index (χ3n) is 3.42. The fraction of sp³-hybridized carbons (Fsp3) is 0.667. The Morgan fingerprint density at radius 3 is 2.94 bits per heavy atom. The molecule has 2 rings (SSSR count). The highest BCUT2D eigenvalue weighted by Gasteiger charge is 2.34. The first-order chi connectivity index (χ1) is 8.71. The van der Waals surface area contributed by atoms with Crippen molar-refractivity contribution in [1.82, 2.24) is 15.3 Å². The van der Waals surface area contributed by atoms with Crippen molar-refractivity contribution < 1.29 is 9.90 Å². The molecule has 0 aromatic carbocycles. The Labute approximate surface area is 111 Å².